The normalized spacial score (nSPS) is 10.2. The minimum Gasteiger partial charge on any atom is -0.497 e. The van der Waals surface area contributed by atoms with Crippen LogP contribution in [0.1, 0.15) is 15.9 Å². The Labute approximate surface area is 122 Å². The van der Waals surface area contributed by atoms with Crippen molar-refractivity contribution in [3.8, 4) is 5.75 Å². The monoisotopic (exact) mass is 289 g/mol. The molecule has 0 bridgehead atoms. The van der Waals surface area contributed by atoms with E-state index in [2.05, 4.69) is 0 Å². The maximum absolute atomic E-state index is 13.4. The fourth-order valence-electron chi connectivity index (χ4n) is 2.04. The molecule has 0 saturated carbocycles. The summed E-state index contributed by atoms with van der Waals surface area (Å²) in [5, 5.41) is 8.93. The molecule has 0 aliphatic rings. The molecular weight excluding hydrogens is 273 g/mol. The smallest absolute Gasteiger partial charge is 0.338 e. The standard InChI is InChI=1S/C16H16FNO3/c1-18(12-4-6-13(21-2)7-5-12)10-11-3-8-15(17)14(9-11)16(19)20/h3-9H,10H2,1-2H3,(H,19,20). The van der Waals surface area contributed by atoms with E-state index in [1.807, 2.05) is 36.2 Å². The zero-order valence-corrected chi connectivity index (χ0v) is 11.8. The molecular formula is C16H16FNO3. The largest absolute Gasteiger partial charge is 0.497 e. The number of aromatic carboxylic acids is 1. The Hall–Kier alpha value is -2.56. The number of carboxylic acid groups (broad SMARTS) is 1. The molecule has 2 rings (SSSR count). The lowest BCUT2D eigenvalue weighted by Gasteiger charge is -2.20. The number of nitrogens with zero attached hydrogens (tertiary/aromatic N) is 1. The van der Waals surface area contributed by atoms with Crippen LogP contribution in [0, 0.1) is 5.82 Å². The maximum Gasteiger partial charge on any atom is 0.338 e. The second-order valence-corrected chi connectivity index (χ2v) is 4.67. The molecule has 0 atom stereocenters. The van der Waals surface area contributed by atoms with Crippen LogP contribution in [-0.4, -0.2) is 25.2 Å². The molecule has 0 aromatic heterocycles. The first kappa shape index (κ1) is 14.8. The lowest BCUT2D eigenvalue weighted by Crippen LogP contribution is -2.16. The summed E-state index contributed by atoms with van der Waals surface area (Å²) in [4.78, 5) is 12.9. The van der Waals surface area contributed by atoms with Crippen molar-refractivity contribution in [3.63, 3.8) is 0 Å². The van der Waals surface area contributed by atoms with E-state index in [0.717, 1.165) is 17.0 Å². The molecule has 0 unspecified atom stereocenters. The van der Waals surface area contributed by atoms with Gasteiger partial charge in [-0.3, -0.25) is 0 Å². The van der Waals surface area contributed by atoms with Crippen molar-refractivity contribution in [2.75, 3.05) is 19.1 Å². The van der Waals surface area contributed by atoms with Crippen molar-refractivity contribution >= 4 is 11.7 Å². The quantitative estimate of drug-likeness (QED) is 0.918. The lowest BCUT2D eigenvalue weighted by atomic mass is 10.1. The SMILES string of the molecule is COc1ccc(N(C)Cc2ccc(F)c(C(=O)O)c2)cc1. The highest BCUT2D eigenvalue weighted by Crippen LogP contribution is 2.20. The average molecular weight is 289 g/mol. The lowest BCUT2D eigenvalue weighted by molar-refractivity contribution is 0.0691. The van der Waals surface area contributed by atoms with Gasteiger partial charge < -0.3 is 14.7 Å². The summed E-state index contributed by atoms with van der Waals surface area (Å²) in [6.45, 7) is 0.479. The Kier molecular flexibility index (Phi) is 4.42. The summed E-state index contributed by atoms with van der Waals surface area (Å²) >= 11 is 0. The van der Waals surface area contributed by atoms with Crippen molar-refractivity contribution in [2.45, 2.75) is 6.54 Å². The zero-order chi connectivity index (χ0) is 15.4. The van der Waals surface area contributed by atoms with Crippen LogP contribution in [0.15, 0.2) is 42.5 Å². The van der Waals surface area contributed by atoms with Crippen LogP contribution in [0.25, 0.3) is 0 Å². The first-order valence-electron chi connectivity index (χ1n) is 6.38. The molecule has 0 aliphatic carbocycles. The molecule has 21 heavy (non-hydrogen) atoms. The zero-order valence-electron chi connectivity index (χ0n) is 11.8. The van der Waals surface area contributed by atoms with Gasteiger partial charge in [-0.05, 0) is 42.0 Å². The fourth-order valence-corrected chi connectivity index (χ4v) is 2.04. The van der Waals surface area contributed by atoms with Gasteiger partial charge in [-0.15, -0.1) is 0 Å². The van der Waals surface area contributed by atoms with E-state index in [0.29, 0.717) is 6.54 Å². The van der Waals surface area contributed by atoms with E-state index < -0.39 is 11.8 Å². The number of hydrogen-bond acceptors (Lipinski definition) is 3. The van der Waals surface area contributed by atoms with Crippen molar-refractivity contribution in [2.24, 2.45) is 0 Å². The Morgan fingerprint density at radius 1 is 1.24 bits per heavy atom. The van der Waals surface area contributed by atoms with E-state index in [-0.39, 0.29) is 5.56 Å². The average Bonchev–Trinajstić information content (AvgIpc) is 2.49. The van der Waals surface area contributed by atoms with E-state index in [9.17, 15) is 9.18 Å². The van der Waals surface area contributed by atoms with Crippen molar-refractivity contribution in [3.05, 3.63) is 59.4 Å². The van der Waals surface area contributed by atoms with Crippen LogP contribution in [0.4, 0.5) is 10.1 Å². The molecule has 0 radical (unpaired) electrons. The van der Waals surface area contributed by atoms with Gasteiger partial charge in [0.25, 0.3) is 0 Å². The number of anilines is 1. The fraction of sp³-hybridized carbons (Fsp3) is 0.188. The molecule has 0 fully saturated rings. The first-order valence-corrected chi connectivity index (χ1v) is 6.38. The van der Waals surface area contributed by atoms with E-state index in [1.165, 1.54) is 12.1 Å². The third-order valence-electron chi connectivity index (χ3n) is 3.19. The third-order valence-corrected chi connectivity index (χ3v) is 3.19. The molecule has 110 valence electrons. The van der Waals surface area contributed by atoms with Gasteiger partial charge >= 0.3 is 5.97 Å². The minimum absolute atomic E-state index is 0.310. The number of carbonyl (C=O) groups is 1. The third kappa shape index (κ3) is 3.51. The molecule has 5 heteroatoms. The summed E-state index contributed by atoms with van der Waals surface area (Å²) in [5.74, 6) is -1.22. The molecule has 4 nitrogen and oxygen atoms in total. The predicted octanol–water partition coefficient (Wildman–Crippen LogP) is 3.17. The van der Waals surface area contributed by atoms with Crippen molar-refractivity contribution in [1.82, 2.24) is 0 Å². The van der Waals surface area contributed by atoms with Gasteiger partial charge in [0.1, 0.15) is 11.6 Å². The summed E-state index contributed by atoms with van der Waals surface area (Å²) in [6, 6.07) is 11.6. The molecule has 2 aromatic carbocycles. The minimum atomic E-state index is -1.26. The highest BCUT2D eigenvalue weighted by molar-refractivity contribution is 5.88. The number of halogens is 1. The molecule has 0 spiro atoms. The van der Waals surface area contributed by atoms with Gasteiger partial charge in [-0.25, -0.2) is 9.18 Å². The van der Waals surface area contributed by atoms with Gasteiger partial charge in [0.15, 0.2) is 0 Å². The van der Waals surface area contributed by atoms with Crippen LogP contribution in [0.3, 0.4) is 0 Å². The van der Waals surface area contributed by atoms with Gasteiger partial charge in [-0.2, -0.15) is 0 Å². The van der Waals surface area contributed by atoms with Crippen LogP contribution in [-0.2, 0) is 6.54 Å². The summed E-state index contributed by atoms with van der Waals surface area (Å²) < 4.78 is 18.5. The molecule has 0 saturated heterocycles. The van der Waals surface area contributed by atoms with Gasteiger partial charge in [0.05, 0.1) is 12.7 Å². The van der Waals surface area contributed by atoms with E-state index in [4.69, 9.17) is 9.84 Å². The van der Waals surface area contributed by atoms with Crippen LogP contribution < -0.4 is 9.64 Å². The van der Waals surface area contributed by atoms with E-state index in [1.54, 1.807) is 13.2 Å². The summed E-state index contributed by atoms with van der Waals surface area (Å²) in [7, 11) is 3.48. The number of methoxy groups -OCH3 is 1. The number of carboxylic acids is 1. The topological polar surface area (TPSA) is 49.8 Å². The van der Waals surface area contributed by atoms with Crippen LogP contribution >= 0.6 is 0 Å². The maximum atomic E-state index is 13.4. The van der Waals surface area contributed by atoms with Crippen LogP contribution in [0.2, 0.25) is 0 Å². The van der Waals surface area contributed by atoms with E-state index >= 15 is 0 Å². The van der Waals surface area contributed by atoms with Crippen molar-refractivity contribution < 1.29 is 19.0 Å². The number of rotatable bonds is 5. The molecule has 0 heterocycles. The van der Waals surface area contributed by atoms with Gasteiger partial charge in [0.2, 0.25) is 0 Å². The predicted molar refractivity (Wildman–Crippen MR) is 78.5 cm³/mol. The highest BCUT2D eigenvalue weighted by atomic mass is 19.1. The first-order chi connectivity index (χ1) is 10.0. The second kappa shape index (κ2) is 6.26. The van der Waals surface area contributed by atoms with Gasteiger partial charge in [-0.1, -0.05) is 6.07 Å². The number of ether oxygens (including phenoxy) is 1. The molecule has 0 aliphatic heterocycles. The molecule has 0 amide bonds. The Morgan fingerprint density at radius 2 is 1.90 bits per heavy atom. The summed E-state index contributed by atoms with van der Waals surface area (Å²) in [5.41, 5.74) is 1.37. The Balaban J connectivity index is 2.16. The van der Waals surface area contributed by atoms with Crippen molar-refractivity contribution in [1.29, 1.82) is 0 Å². The Bertz CT molecular complexity index is 640. The molecule has 2 aromatic rings. The molecule has 1 N–H and O–H groups in total. The Morgan fingerprint density at radius 3 is 2.48 bits per heavy atom. The highest BCUT2D eigenvalue weighted by Gasteiger charge is 2.12. The number of benzene rings is 2. The van der Waals surface area contributed by atoms with Crippen LogP contribution in [0.5, 0.6) is 5.75 Å². The number of hydrogen-bond donors (Lipinski definition) is 1. The van der Waals surface area contributed by atoms with Gasteiger partial charge in [0, 0.05) is 19.3 Å². The second-order valence-electron chi connectivity index (χ2n) is 4.67. The summed E-state index contributed by atoms with van der Waals surface area (Å²) in [6.07, 6.45) is 0.